The maximum Gasteiger partial charge on any atom is 0.191 e. The smallest absolute Gasteiger partial charge is 0.191 e. The third-order valence-electron chi connectivity index (χ3n) is 5.90. The van der Waals surface area contributed by atoms with Crippen LogP contribution in [-0.2, 0) is 4.74 Å². The number of halogens is 2. The van der Waals surface area contributed by atoms with E-state index in [2.05, 4.69) is 65.6 Å². The zero-order valence-electron chi connectivity index (χ0n) is 16.4. The quantitative estimate of drug-likeness (QED) is 0.335. The van der Waals surface area contributed by atoms with E-state index in [1.54, 1.807) is 0 Å². The molecule has 4 rings (SSSR count). The number of nitrogens with zero attached hydrogens (tertiary/aromatic N) is 3. The maximum absolute atomic E-state index is 6.04. The molecule has 156 valence electrons. The van der Waals surface area contributed by atoms with E-state index in [4.69, 9.17) is 4.74 Å². The van der Waals surface area contributed by atoms with Gasteiger partial charge in [-0.25, -0.2) is 0 Å². The highest BCUT2D eigenvalue weighted by Crippen LogP contribution is 2.28. The maximum atomic E-state index is 6.04. The van der Waals surface area contributed by atoms with Gasteiger partial charge in [-0.05, 0) is 53.9 Å². The van der Waals surface area contributed by atoms with Crippen LogP contribution < -0.4 is 15.5 Å². The van der Waals surface area contributed by atoms with Crippen LogP contribution in [0.5, 0.6) is 0 Å². The van der Waals surface area contributed by atoms with Gasteiger partial charge in [-0.1, -0.05) is 12.1 Å². The SMILES string of the molecule is CN=C(NCC1CN2CCCC2CO1)NC1CCN(c2ccccc2Br)C1.I. The Morgan fingerprint density at radius 1 is 1.25 bits per heavy atom. The third kappa shape index (κ3) is 5.31. The number of aliphatic imine (C=N–C) groups is 1. The molecule has 3 aliphatic heterocycles. The lowest BCUT2D eigenvalue weighted by atomic mass is 10.2. The van der Waals surface area contributed by atoms with E-state index in [0.717, 1.165) is 49.6 Å². The van der Waals surface area contributed by atoms with Gasteiger partial charge in [-0.15, -0.1) is 24.0 Å². The van der Waals surface area contributed by atoms with Crippen molar-refractivity contribution in [2.75, 3.05) is 51.3 Å². The lowest BCUT2D eigenvalue weighted by Gasteiger charge is -2.35. The second-order valence-corrected chi connectivity index (χ2v) is 8.58. The summed E-state index contributed by atoms with van der Waals surface area (Å²) in [4.78, 5) is 9.42. The first-order valence-electron chi connectivity index (χ1n) is 10.0. The lowest BCUT2D eigenvalue weighted by Crippen LogP contribution is -2.52. The summed E-state index contributed by atoms with van der Waals surface area (Å²) < 4.78 is 7.20. The van der Waals surface area contributed by atoms with Gasteiger partial charge in [0.25, 0.3) is 0 Å². The molecule has 3 aliphatic rings. The molecule has 0 spiro atoms. The number of rotatable bonds is 4. The summed E-state index contributed by atoms with van der Waals surface area (Å²) in [6.45, 7) is 5.99. The highest BCUT2D eigenvalue weighted by atomic mass is 127. The molecule has 0 bridgehead atoms. The standard InChI is InChI=1S/C20H30BrN5O.HI/c1-22-20(23-11-17-13-25-9-4-5-16(25)14-27-17)24-15-8-10-26(12-15)19-7-3-2-6-18(19)21;/h2-3,6-7,15-17H,4-5,8-14H2,1H3,(H2,22,23,24);1H. The minimum Gasteiger partial charge on any atom is -0.373 e. The van der Waals surface area contributed by atoms with Crippen molar-refractivity contribution in [3.63, 3.8) is 0 Å². The van der Waals surface area contributed by atoms with Gasteiger partial charge in [0.15, 0.2) is 5.96 Å². The number of guanidine groups is 1. The van der Waals surface area contributed by atoms with Gasteiger partial charge in [0.1, 0.15) is 0 Å². The van der Waals surface area contributed by atoms with Gasteiger partial charge >= 0.3 is 0 Å². The van der Waals surface area contributed by atoms with Crippen LogP contribution >= 0.6 is 39.9 Å². The number of ether oxygens (including phenoxy) is 1. The molecular formula is C20H31BrIN5O. The summed E-state index contributed by atoms with van der Waals surface area (Å²) in [5, 5.41) is 7.05. The molecule has 8 heteroatoms. The van der Waals surface area contributed by atoms with Crippen molar-refractivity contribution in [1.82, 2.24) is 15.5 Å². The van der Waals surface area contributed by atoms with Crippen LogP contribution in [-0.4, -0.2) is 75.4 Å². The largest absolute Gasteiger partial charge is 0.373 e. The Hall–Kier alpha value is -0.580. The van der Waals surface area contributed by atoms with Crippen molar-refractivity contribution >= 4 is 51.6 Å². The molecule has 28 heavy (non-hydrogen) atoms. The minimum absolute atomic E-state index is 0. The van der Waals surface area contributed by atoms with Crippen LogP contribution in [0.1, 0.15) is 19.3 Å². The van der Waals surface area contributed by atoms with Crippen molar-refractivity contribution in [1.29, 1.82) is 0 Å². The molecule has 6 nitrogen and oxygen atoms in total. The molecule has 0 radical (unpaired) electrons. The van der Waals surface area contributed by atoms with Crippen molar-refractivity contribution in [2.45, 2.75) is 37.5 Å². The van der Waals surface area contributed by atoms with Crippen LogP contribution in [0.3, 0.4) is 0 Å². The van der Waals surface area contributed by atoms with Crippen molar-refractivity contribution in [2.24, 2.45) is 4.99 Å². The van der Waals surface area contributed by atoms with Gasteiger partial charge in [0.05, 0.1) is 18.4 Å². The van der Waals surface area contributed by atoms with E-state index in [-0.39, 0.29) is 30.1 Å². The summed E-state index contributed by atoms with van der Waals surface area (Å²) in [6.07, 6.45) is 3.96. The second kappa shape index (κ2) is 10.4. The first-order chi connectivity index (χ1) is 13.2. The Morgan fingerprint density at radius 3 is 2.93 bits per heavy atom. The summed E-state index contributed by atoms with van der Waals surface area (Å²) in [6, 6.07) is 9.48. The van der Waals surface area contributed by atoms with Gasteiger partial charge in [-0.3, -0.25) is 9.89 Å². The van der Waals surface area contributed by atoms with E-state index in [1.165, 1.54) is 25.1 Å². The number of nitrogens with one attached hydrogen (secondary N) is 2. The highest BCUT2D eigenvalue weighted by molar-refractivity contribution is 14.0. The van der Waals surface area contributed by atoms with Crippen molar-refractivity contribution in [3.8, 4) is 0 Å². The Morgan fingerprint density at radius 2 is 2.11 bits per heavy atom. The fourth-order valence-electron chi connectivity index (χ4n) is 4.41. The number of hydrogen-bond acceptors (Lipinski definition) is 4. The molecule has 3 fully saturated rings. The molecule has 3 unspecified atom stereocenters. The molecule has 3 atom stereocenters. The van der Waals surface area contributed by atoms with E-state index < -0.39 is 0 Å². The zero-order valence-corrected chi connectivity index (χ0v) is 20.4. The van der Waals surface area contributed by atoms with E-state index in [1.807, 2.05) is 7.05 Å². The van der Waals surface area contributed by atoms with Gasteiger partial charge in [0.2, 0.25) is 0 Å². The molecule has 0 saturated carbocycles. The predicted octanol–water partition coefficient (Wildman–Crippen LogP) is 2.67. The Kier molecular flexibility index (Phi) is 8.25. The summed E-state index contributed by atoms with van der Waals surface area (Å²) in [7, 11) is 1.84. The average molecular weight is 564 g/mol. The molecule has 0 aliphatic carbocycles. The Bertz CT molecular complexity index is 676. The zero-order chi connectivity index (χ0) is 18.6. The topological polar surface area (TPSA) is 52.1 Å². The van der Waals surface area contributed by atoms with Crippen LogP contribution in [0.2, 0.25) is 0 Å². The summed E-state index contributed by atoms with van der Waals surface area (Å²) >= 11 is 3.66. The Balaban J connectivity index is 0.00000225. The summed E-state index contributed by atoms with van der Waals surface area (Å²) in [5.74, 6) is 0.876. The normalized spacial score (nSPS) is 28.0. The fourth-order valence-corrected chi connectivity index (χ4v) is 4.95. The molecule has 1 aromatic carbocycles. The summed E-state index contributed by atoms with van der Waals surface area (Å²) in [5.41, 5.74) is 1.26. The van der Waals surface area contributed by atoms with E-state index in [0.29, 0.717) is 12.1 Å². The average Bonchev–Trinajstić information content (AvgIpc) is 3.34. The molecule has 1 aromatic rings. The lowest BCUT2D eigenvalue weighted by molar-refractivity contribution is -0.0453. The monoisotopic (exact) mass is 563 g/mol. The minimum atomic E-state index is 0. The first-order valence-corrected chi connectivity index (χ1v) is 10.8. The van der Waals surface area contributed by atoms with Crippen LogP contribution in [0.25, 0.3) is 0 Å². The molecule has 3 heterocycles. The molecule has 0 amide bonds. The number of para-hydroxylation sites is 1. The van der Waals surface area contributed by atoms with E-state index in [9.17, 15) is 0 Å². The number of benzene rings is 1. The first kappa shape index (κ1) is 22.1. The van der Waals surface area contributed by atoms with Gasteiger partial charge in [0, 0.05) is 49.8 Å². The van der Waals surface area contributed by atoms with Crippen LogP contribution in [0.4, 0.5) is 5.69 Å². The van der Waals surface area contributed by atoms with E-state index >= 15 is 0 Å². The second-order valence-electron chi connectivity index (χ2n) is 7.73. The number of hydrogen-bond donors (Lipinski definition) is 2. The number of morpholine rings is 1. The molecule has 0 aromatic heterocycles. The molecule has 2 N–H and O–H groups in total. The number of fused-ring (bicyclic) bond motifs is 1. The third-order valence-corrected chi connectivity index (χ3v) is 6.58. The predicted molar refractivity (Wildman–Crippen MR) is 129 cm³/mol. The fraction of sp³-hybridized carbons (Fsp3) is 0.650. The molecule has 3 saturated heterocycles. The highest BCUT2D eigenvalue weighted by Gasteiger charge is 2.32. The van der Waals surface area contributed by atoms with Crippen molar-refractivity contribution in [3.05, 3.63) is 28.7 Å². The Labute approximate surface area is 193 Å². The molecular weight excluding hydrogens is 533 g/mol. The van der Waals surface area contributed by atoms with Crippen LogP contribution in [0, 0.1) is 0 Å². The van der Waals surface area contributed by atoms with Crippen molar-refractivity contribution < 1.29 is 4.74 Å². The van der Waals surface area contributed by atoms with Gasteiger partial charge in [-0.2, -0.15) is 0 Å². The van der Waals surface area contributed by atoms with Crippen LogP contribution in [0.15, 0.2) is 33.7 Å². The number of anilines is 1. The van der Waals surface area contributed by atoms with Gasteiger partial charge < -0.3 is 20.3 Å².